The number of nitrogens with two attached hydrogens (primary N) is 1. The van der Waals surface area contributed by atoms with Crippen LogP contribution in [0.4, 0.5) is 5.00 Å². The Morgan fingerprint density at radius 1 is 1.42 bits per heavy atom. The maximum absolute atomic E-state index is 6.03. The van der Waals surface area contributed by atoms with Crippen molar-refractivity contribution >= 4 is 27.4 Å². The van der Waals surface area contributed by atoms with Crippen molar-refractivity contribution < 1.29 is 9.15 Å². The third-order valence-corrected chi connectivity index (χ3v) is 4.10. The molecule has 2 aromatic heterocycles. The first-order valence-corrected chi connectivity index (χ1v) is 6.86. The normalized spacial score (nSPS) is 11.1. The molecule has 4 nitrogen and oxygen atoms in total. The van der Waals surface area contributed by atoms with Gasteiger partial charge < -0.3 is 14.9 Å². The molecular formula is C14H14N2O2S. The van der Waals surface area contributed by atoms with Crippen molar-refractivity contribution in [3.8, 4) is 17.2 Å². The van der Waals surface area contributed by atoms with Crippen LogP contribution in [-0.2, 0) is 6.42 Å². The largest absolute Gasteiger partial charge is 0.494 e. The van der Waals surface area contributed by atoms with Gasteiger partial charge in [0.2, 0.25) is 5.89 Å². The van der Waals surface area contributed by atoms with Crippen LogP contribution in [0.25, 0.3) is 22.6 Å². The molecule has 1 aromatic carbocycles. The number of oxazole rings is 1. The summed E-state index contributed by atoms with van der Waals surface area (Å²) in [5, 5.41) is 0.738. The highest BCUT2D eigenvalue weighted by Gasteiger charge is 2.16. The predicted molar refractivity (Wildman–Crippen MR) is 77.7 cm³/mol. The van der Waals surface area contributed by atoms with E-state index in [1.807, 2.05) is 24.3 Å². The van der Waals surface area contributed by atoms with Crippen molar-refractivity contribution in [1.29, 1.82) is 0 Å². The number of aryl methyl sites for hydroxylation is 1. The van der Waals surface area contributed by atoms with E-state index in [1.165, 1.54) is 4.88 Å². The van der Waals surface area contributed by atoms with E-state index in [-0.39, 0.29) is 0 Å². The second-order valence-electron chi connectivity index (χ2n) is 4.17. The van der Waals surface area contributed by atoms with Gasteiger partial charge in [-0.05, 0) is 24.6 Å². The number of methoxy groups -OCH3 is 1. The van der Waals surface area contributed by atoms with E-state index in [4.69, 9.17) is 14.9 Å². The van der Waals surface area contributed by atoms with E-state index in [2.05, 4.69) is 11.9 Å². The summed E-state index contributed by atoms with van der Waals surface area (Å²) in [6.07, 6.45) is 0.957. The summed E-state index contributed by atoms with van der Waals surface area (Å²) in [5.74, 6) is 1.25. The number of thiophene rings is 1. The molecule has 2 heterocycles. The molecule has 0 saturated carbocycles. The maximum Gasteiger partial charge on any atom is 0.230 e. The third kappa shape index (κ3) is 1.96. The second kappa shape index (κ2) is 4.59. The molecule has 98 valence electrons. The number of fused-ring (bicyclic) bond motifs is 1. The van der Waals surface area contributed by atoms with Crippen molar-refractivity contribution in [2.45, 2.75) is 13.3 Å². The number of aromatic nitrogens is 1. The topological polar surface area (TPSA) is 61.3 Å². The minimum absolute atomic E-state index is 0.549. The Bertz CT molecular complexity index is 730. The molecule has 0 aliphatic rings. The van der Waals surface area contributed by atoms with E-state index in [0.717, 1.165) is 22.5 Å². The molecular weight excluding hydrogens is 260 g/mol. The van der Waals surface area contributed by atoms with Crippen LogP contribution >= 0.6 is 11.3 Å². The fraction of sp³-hybridized carbons (Fsp3) is 0.214. The van der Waals surface area contributed by atoms with Gasteiger partial charge in [0.25, 0.3) is 0 Å². The number of benzene rings is 1. The van der Waals surface area contributed by atoms with E-state index in [1.54, 1.807) is 18.4 Å². The van der Waals surface area contributed by atoms with Gasteiger partial charge in [0, 0.05) is 4.88 Å². The van der Waals surface area contributed by atoms with Crippen LogP contribution < -0.4 is 10.5 Å². The van der Waals surface area contributed by atoms with Gasteiger partial charge in [-0.2, -0.15) is 0 Å². The summed E-state index contributed by atoms with van der Waals surface area (Å²) in [6, 6.07) is 7.66. The molecule has 2 N–H and O–H groups in total. The zero-order chi connectivity index (χ0) is 13.4. The Kier molecular flexibility index (Phi) is 2.91. The fourth-order valence-electron chi connectivity index (χ4n) is 2.00. The van der Waals surface area contributed by atoms with Crippen molar-refractivity contribution in [3.05, 3.63) is 29.1 Å². The smallest absolute Gasteiger partial charge is 0.230 e. The lowest BCUT2D eigenvalue weighted by atomic mass is 10.2. The molecule has 5 heteroatoms. The van der Waals surface area contributed by atoms with E-state index < -0.39 is 0 Å². The molecule has 0 aliphatic heterocycles. The number of rotatable bonds is 3. The van der Waals surface area contributed by atoms with Crippen LogP contribution in [0.1, 0.15) is 11.8 Å². The molecule has 3 aromatic rings. The van der Waals surface area contributed by atoms with Gasteiger partial charge in [-0.25, -0.2) is 4.98 Å². The molecule has 0 fully saturated rings. The van der Waals surface area contributed by atoms with Gasteiger partial charge in [-0.3, -0.25) is 0 Å². The predicted octanol–water partition coefficient (Wildman–Crippen LogP) is 3.71. The Balaban J connectivity index is 2.17. The quantitative estimate of drug-likeness (QED) is 0.791. The van der Waals surface area contributed by atoms with Crippen molar-refractivity contribution in [1.82, 2.24) is 4.98 Å². The Morgan fingerprint density at radius 2 is 2.26 bits per heavy atom. The van der Waals surface area contributed by atoms with Crippen LogP contribution in [-0.4, -0.2) is 12.1 Å². The first kappa shape index (κ1) is 12.0. The van der Waals surface area contributed by atoms with Gasteiger partial charge in [-0.1, -0.05) is 13.0 Å². The zero-order valence-electron chi connectivity index (χ0n) is 10.8. The van der Waals surface area contributed by atoms with Crippen LogP contribution in [0.15, 0.2) is 28.7 Å². The molecule has 0 bridgehead atoms. The highest BCUT2D eigenvalue weighted by molar-refractivity contribution is 7.16. The van der Waals surface area contributed by atoms with Crippen LogP contribution in [0.3, 0.4) is 0 Å². The minimum Gasteiger partial charge on any atom is -0.494 e. The number of anilines is 1. The molecule has 19 heavy (non-hydrogen) atoms. The summed E-state index contributed by atoms with van der Waals surface area (Å²) >= 11 is 1.58. The fourth-order valence-corrected chi connectivity index (χ4v) is 2.86. The lowest BCUT2D eigenvalue weighted by Gasteiger charge is -1.96. The molecule has 0 aliphatic carbocycles. The molecule has 0 atom stereocenters. The van der Waals surface area contributed by atoms with E-state index in [0.29, 0.717) is 17.2 Å². The Labute approximate surface area is 114 Å². The zero-order valence-corrected chi connectivity index (χ0v) is 11.6. The van der Waals surface area contributed by atoms with E-state index >= 15 is 0 Å². The number of hydrogen-bond donors (Lipinski definition) is 1. The molecule has 0 radical (unpaired) electrons. The average Bonchev–Trinajstić information content (AvgIpc) is 3.00. The monoisotopic (exact) mass is 274 g/mol. The summed E-state index contributed by atoms with van der Waals surface area (Å²) in [6.45, 7) is 2.10. The van der Waals surface area contributed by atoms with Crippen LogP contribution in [0, 0.1) is 0 Å². The maximum atomic E-state index is 6.03. The van der Waals surface area contributed by atoms with Gasteiger partial charge in [0.05, 0.1) is 17.7 Å². The van der Waals surface area contributed by atoms with Crippen molar-refractivity contribution in [2.75, 3.05) is 12.8 Å². The molecule has 0 spiro atoms. The minimum atomic E-state index is 0.549. The summed E-state index contributed by atoms with van der Waals surface area (Å²) < 4.78 is 11.1. The third-order valence-electron chi connectivity index (χ3n) is 2.99. The average molecular weight is 274 g/mol. The van der Waals surface area contributed by atoms with Gasteiger partial charge in [-0.15, -0.1) is 11.3 Å². The van der Waals surface area contributed by atoms with Crippen molar-refractivity contribution in [2.24, 2.45) is 0 Å². The van der Waals surface area contributed by atoms with E-state index in [9.17, 15) is 0 Å². The highest BCUT2D eigenvalue weighted by atomic mass is 32.1. The van der Waals surface area contributed by atoms with Gasteiger partial charge in [0.15, 0.2) is 11.1 Å². The number of nitrogen functional groups attached to an aromatic ring is 1. The van der Waals surface area contributed by atoms with Crippen LogP contribution in [0.5, 0.6) is 5.75 Å². The number of ether oxygens (including phenoxy) is 1. The SMILES string of the molecule is CCc1cc(-c2nc3c(OC)cccc3o2)c(N)s1. The Hall–Kier alpha value is -2.01. The summed E-state index contributed by atoms with van der Waals surface area (Å²) in [7, 11) is 1.62. The number of para-hydroxylation sites is 1. The standard InChI is InChI=1S/C14H14N2O2S/c1-3-8-7-9(13(15)19-8)14-16-12-10(17-2)5-4-6-11(12)18-14/h4-7H,3,15H2,1-2H3. The first-order valence-electron chi connectivity index (χ1n) is 6.05. The summed E-state index contributed by atoms with van der Waals surface area (Å²) in [4.78, 5) is 5.72. The number of hydrogen-bond acceptors (Lipinski definition) is 5. The van der Waals surface area contributed by atoms with Crippen LogP contribution in [0.2, 0.25) is 0 Å². The first-order chi connectivity index (χ1) is 9.22. The number of nitrogens with zero attached hydrogens (tertiary/aromatic N) is 1. The Morgan fingerprint density at radius 3 is 2.95 bits per heavy atom. The molecule has 3 rings (SSSR count). The highest BCUT2D eigenvalue weighted by Crippen LogP contribution is 2.36. The van der Waals surface area contributed by atoms with Crippen molar-refractivity contribution in [3.63, 3.8) is 0 Å². The van der Waals surface area contributed by atoms with Gasteiger partial charge >= 0.3 is 0 Å². The molecule has 0 saturated heterocycles. The summed E-state index contributed by atoms with van der Waals surface area (Å²) in [5.41, 5.74) is 8.32. The second-order valence-corrected chi connectivity index (χ2v) is 5.34. The van der Waals surface area contributed by atoms with Gasteiger partial charge in [0.1, 0.15) is 5.75 Å². The lowest BCUT2D eigenvalue weighted by Crippen LogP contribution is -1.84. The lowest BCUT2D eigenvalue weighted by molar-refractivity contribution is 0.419. The molecule has 0 amide bonds. The molecule has 0 unspecified atom stereocenters.